The molecular weight excluding hydrogens is 302 g/mol. The molecule has 122 valence electrons. The van der Waals surface area contributed by atoms with Crippen molar-refractivity contribution in [3.8, 4) is 0 Å². The summed E-state index contributed by atoms with van der Waals surface area (Å²) in [7, 11) is 0. The van der Waals surface area contributed by atoms with Crippen molar-refractivity contribution in [1.82, 2.24) is 14.9 Å². The molecule has 0 aliphatic carbocycles. The number of imidazole rings is 1. The summed E-state index contributed by atoms with van der Waals surface area (Å²) in [5.74, 6) is 0.543. The number of aromatic amines is 2. The smallest absolute Gasteiger partial charge is 0.323 e. The van der Waals surface area contributed by atoms with Crippen LogP contribution in [0.3, 0.4) is 0 Å². The molecule has 24 heavy (non-hydrogen) atoms. The Morgan fingerprint density at radius 2 is 1.88 bits per heavy atom. The number of fused-ring (bicyclic) bond motifs is 1. The quantitative estimate of drug-likeness (QED) is 0.778. The Bertz CT molecular complexity index is 926. The molecule has 0 unspecified atom stereocenters. The molecule has 5 heteroatoms. The van der Waals surface area contributed by atoms with Gasteiger partial charge in [0.05, 0.1) is 11.0 Å². The second kappa shape index (κ2) is 6.00. The molecule has 2 N–H and O–H groups in total. The van der Waals surface area contributed by atoms with Crippen LogP contribution < -0.4 is 5.69 Å². The highest BCUT2D eigenvalue weighted by atomic mass is 16.2. The number of likely N-dealkylation sites (tertiary alicyclic amines) is 1. The van der Waals surface area contributed by atoms with Crippen LogP contribution in [-0.4, -0.2) is 33.9 Å². The highest BCUT2D eigenvalue weighted by Gasteiger charge is 2.27. The number of carbonyl (C=O) groups excluding carboxylic acids is 1. The fourth-order valence-corrected chi connectivity index (χ4v) is 3.48. The van der Waals surface area contributed by atoms with Crippen molar-refractivity contribution >= 4 is 16.9 Å². The second-order valence-corrected chi connectivity index (χ2v) is 6.44. The van der Waals surface area contributed by atoms with Crippen LogP contribution >= 0.6 is 0 Å². The fourth-order valence-electron chi connectivity index (χ4n) is 3.48. The lowest BCUT2D eigenvalue weighted by Crippen LogP contribution is -2.28. The van der Waals surface area contributed by atoms with Crippen molar-refractivity contribution in [3.63, 3.8) is 0 Å². The Labute approximate surface area is 139 Å². The third-order valence-corrected chi connectivity index (χ3v) is 4.70. The van der Waals surface area contributed by atoms with Crippen LogP contribution in [0.1, 0.15) is 22.3 Å². The molecule has 3 aromatic rings. The first kappa shape index (κ1) is 14.8. The molecule has 1 fully saturated rings. The second-order valence-electron chi connectivity index (χ2n) is 6.44. The summed E-state index contributed by atoms with van der Waals surface area (Å²) in [5, 5.41) is 0. The number of nitrogens with one attached hydrogen (secondary N) is 2. The molecule has 0 bridgehead atoms. The lowest BCUT2D eigenvalue weighted by molar-refractivity contribution is 0.0787. The Kier molecular flexibility index (Phi) is 3.69. The Balaban J connectivity index is 1.47. The SMILES string of the molecule is O=C(c1ccc2[nH]c(=O)[nH]c2c1)N1CC[C@@H](Cc2ccccc2)C1. The van der Waals surface area contributed by atoms with Crippen molar-refractivity contribution < 1.29 is 4.79 Å². The fraction of sp³-hybridized carbons (Fsp3) is 0.263. The molecule has 1 aromatic heterocycles. The highest BCUT2D eigenvalue weighted by molar-refractivity contribution is 5.97. The molecule has 4 rings (SSSR count). The van der Waals surface area contributed by atoms with Gasteiger partial charge in [-0.3, -0.25) is 4.79 Å². The number of amides is 1. The summed E-state index contributed by atoms with van der Waals surface area (Å²) in [6.07, 6.45) is 2.04. The number of H-pyrrole nitrogens is 2. The van der Waals surface area contributed by atoms with Crippen molar-refractivity contribution in [3.05, 3.63) is 70.1 Å². The van der Waals surface area contributed by atoms with Gasteiger partial charge in [-0.25, -0.2) is 4.79 Å². The predicted molar refractivity (Wildman–Crippen MR) is 93.1 cm³/mol. The third-order valence-electron chi connectivity index (χ3n) is 4.70. The number of carbonyl (C=O) groups is 1. The van der Waals surface area contributed by atoms with Gasteiger partial charge in [0.1, 0.15) is 0 Å². The third kappa shape index (κ3) is 2.85. The zero-order valence-electron chi connectivity index (χ0n) is 13.3. The minimum atomic E-state index is -0.251. The van der Waals surface area contributed by atoms with Gasteiger partial charge in [-0.1, -0.05) is 30.3 Å². The molecular formula is C19H19N3O2. The molecule has 1 saturated heterocycles. The summed E-state index contributed by atoms with van der Waals surface area (Å²) >= 11 is 0. The summed E-state index contributed by atoms with van der Waals surface area (Å²) in [5.41, 5.74) is 3.09. The van der Waals surface area contributed by atoms with E-state index >= 15 is 0 Å². The van der Waals surface area contributed by atoms with Gasteiger partial charge in [-0.05, 0) is 42.5 Å². The zero-order valence-corrected chi connectivity index (χ0v) is 13.3. The molecule has 0 radical (unpaired) electrons. The van der Waals surface area contributed by atoms with Crippen molar-refractivity contribution in [2.75, 3.05) is 13.1 Å². The van der Waals surface area contributed by atoms with E-state index in [-0.39, 0.29) is 11.6 Å². The monoisotopic (exact) mass is 321 g/mol. The van der Waals surface area contributed by atoms with E-state index in [1.54, 1.807) is 18.2 Å². The number of hydrogen-bond acceptors (Lipinski definition) is 2. The number of hydrogen-bond donors (Lipinski definition) is 2. The zero-order chi connectivity index (χ0) is 16.5. The molecule has 1 amide bonds. The van der Waals surface area contributed by atoms with E-state index in [1.165, 1.54) is 5.56 Å². The first-order valence-corrected chi connectivity index (χ1v) is 8.24. The maximum atomic E-state index is 12.7. The van der Waals surface area contributed by atoms with Crippen LogP contribution in [0, 0.1) is 5.92 Å². The predicted octanol–water partition coefficient (Wildman–Crippen LogP) is 2.56. The van der Waals surface area contributed by atoms with E-state index in [2.05, 4.69) is 34.2 Å². The summed E-state index contributed by atoms with van der Waals surface area (Å²) < 4.78 is 0. The van der Waals surface area contributed by atoms with Crippen molar-refractivity contribution in [1.29, 1.82) is 0 Å². The minimum absolute atomic E-state index is 0.0366. The average Bonchev–Trinajstić information content (AvgIpc) is 3.20. The van der Waals surface area contributed by atoms with Crippen LogP contribution in [0.25, 0.3) is 11.0 Å². The van der Waals surface area contributed by atoms with Crippen LogP contribution in [-0.2, 0) is 6.42 Å². The van der Waals surface area contributed by atoms with Gasteiger partial charge < -0.3 is 14.9 Å². The van der Waals surface area contributed by atoms with Crippen LogP contribution in [0.4, 0.5) is 0 Å². The summed E-state index contributed by atoms with van der Waals surface area (Å²) in [6, 6.07) is 15.7. The van der Waals surface area contributed by atoms with E-state index < -0.39 is 0 Å². The van der Waals surface area contributed by atoms with E-state index in [1.807, 2.05) is 11.0 Å². The molecule has 1 aliphatic rings. The van der Waals surface area contributed by atoms with E-state index in [0.29, 0.717) is 17.0 Å². The van der Waals surface area contributed by atoms with Crippen LogP contribution in [0.15, 0.2) is 53.3 Å². The Morgan fingerprint density at radius 1 is 1.08 bits per heavy atom. The standard InChI is InChI=1S/C19H19N3O2/c23-18(15-6-7-16-17(11-15)21-19(24)20-16)22-9-8-14(12-22)10-13-4-2-1-3-5-13/h1-7,11,14H,8-10,12H2,(H2,20,21,24)/t14-/m0/s1. The molecule has 1 aliphatic heterocycles. The summed E-state index contributed by atoms with van der Waals surface area (Å²) in [6.45, 7) is 1.58. The maximum Gasteiger partial charge on any atom is 0.323 e. The summed E-state index contributed by atoms with van der Waals surface area (Å²) in [4.78, 5) is 31.4. The first-order valence-electron chi connectivity index (χ1n) is 8.24. The molecule has 0 spiro atoms. The van der Waals surface area contributed by atoms with Gasteiger partial charge in [-0.15, -0.1) is 0 Å². The largest absolute Gasteiger partial charge is 0.338 e. The number of aromatic nitrogens is 2. The molecule has 0 saturated carbocycles. The van der Waals surface area contributed by atoms with E-state index in [0.717, 1.165) is 31.4 Å². The van der Waals surface area contributed by atoms with Gasteiger partial charge in [-0.2, -0.15) is 0 Å². The average molecular weight is 321 g/mol. The Hall–Kier alpha value is -2.82. The van der Waals surface area contributed by atoms with Gasteiger partial charge in [0, 0.05) is 18.7 Å². The Morgan fingerprint density at radius 3 is 2.71 bits per heavy atom. The van der Waals surface area contributed by atoms with Gasteiger partial charge in [0.2, 0.25) is 0 Å². The van der Waals surface area contributed by atoms with E-state index in [4.69, 9.17) is 0 Å². The molecule has 2 aromatic carbocycles. The van der Waals surface area contributed by atoms with Gasteiger partial charge in [0.25, 0.3) is 5.91 Å². The van der Waals surface area contributed by atoms with Gasteiger partial charge >= 0.3 is 5.69 Å². The maximum absolute atomic E-state index is 12.7. The topological polar surface area (TPSA) is 69.0 Å². The molecule has 2 heterocycles. The lowest BCUT2D eigenvalue weighted by Gasteiger charge is -2.17. The van der Waals surface area contributed by atoms with Crippen molar-refractivity contribution in [2.45, 2.75) is 12.8 Å². The van der Waals surface area contributed by atoms with E-state index in [9.17, 15) is 9.59 Å². The number of benzene rings is 2. The normalized spacial score (nSPS) is 17.5. The van der Waals surface area contributed by atoms with Crippen molar-refractivity contribution in [2.24, 2.45) is 5.92 Å². The number of rotatable bonds is 3. The van der Waals surface area contributed by atoms with Crippen LogP contribution in [0.5, 0.6) is 0 Å². The van der Waals surface area contributed by atoms with Crippen LogP contribution in [0.2, 0.25) is 0 Å². The lowest BCUT2D eigenvalue weighted by atomic mass is 9.99. The molecule has 1 atom stereocenters. The first-order chi connectivity index (χ1) is 11.7. The highest BCUT2D eigenvalue weighted by Crippen LogP contribution is 2.23. The molecule has 5 nitrogen and oxygen atoms in total. The minimum Gasteiger partial charge on any atom is -0.338 e. The van der Waals surface area contributed by atoms with Gasteiger partial charge in [0.15, 0.2) is 0 Å². The number of nitrogens with zero attached hydrogens (tertiary/aromatic N) is 1.